The standard InChI is InChI=1S/C30H34Cl2N2O2S/c1-4-12-33-30(36)28(16-23-8-6-5-7-9-23)34(18-25-10-11-26(31)17-27(25)32)29(35)20-37-19-24-14-21(2)13-22(3)15-24/h5-11,13-15,17,28H,4,12,16,18-20H2,1-3H3,(H,33,36). The molecule has 3 aromatic rings. The van der Waals surface area contributed by atoms with Crippen LogP contribution in [0.3, 0.4) is 0 Å². The maximum Gasteiger partial charge on any atom is 0.243 e. The summed E-state index contributed by atoms with van der Waals surface area (Å²) in [5, 5.41) is 4.00. The van der Waals surface area contributed by atoms with E-state index in [1.165, 1.54) is 16.7 Å². The number of nitrogens with one attached hydrogen (secondary N) is 1. The summed E-state index contributed by atoms with van der Waals surface area (Å²) in [7, 11) is 0. The number of nitrogens with zero attached hydrogens (tertiary/aromatic N) is 1. The molecule has 0 spiro atoms. The number of carbonyl (C=O) groups is 2. The van der Waals surface area contributed by atoms with E-state index in [4.69, 9.17) is 23.2 Å². The van der Waals surface area contributed by atoms with Crippen molar-refractivity contribution in [2.45, 2.75) is 52.0 Å². The van der Waals surface area contributed by atoms with Crippen LogP contribution < -0.4 is 5.32 Å². The van der Waals surface area contributed by atoms with Crippen LogP contribution in [0.15, 0.2) is 66.7 Å². The van der Waals surface area contributed by atoms with Crippen molar-refractivity contribution in [3.63, 3.8) is 0 Å². The van der Waals surface area contributed by atoms with Gasteiger partial charge in [-0.2, -0.15) is 0 Å². The van der Waals surface area contributed by atoms with E-state index in [1.807, 2.05) is 43.3 Å². The van der Waals surface area contributed by atoms with E-state index < -0.39 is 6.04 Å². The smallest absolute Gasteiger partial charge is 0.243 e. The predicted octanol–water partition coefficient (Wildman–Crippen LogP) is 7.01. The van der Waals surface area contributed by atoms with Gasteiger partial charge in [0.05, 0.1) is 5.75 Å². The van der Waals surface area contributed by atoms with Crippen LogP contribution in [0.4, 0.5) is 0 Å². The fraction of sp³-hybridized carbons (Fsp3) is 0.333. The number of rotatable bonds is 12. The largest absolute Gasteiger partial charge is 0.354 e. The summed E-state index contributed by atoms with van der Waals surface area (Å²) in [5.74, 6) is 0.705. The minimum Gasteiger partial charge on any atom is -0.354 e. The second-order valence-electron chi connectivity index (χ2n) is 9.24. The van der Waals surface area contributed by atoms with Crippen molar-refractivity contribution in [3.05, 3.63) is 105 Å². The molecule has 0 aromatic heterocycles. The minimum atomic E-state index is -0.671. The van der Waals surface area contributed by atoms with Gasteiger partial charge in [-0.25, -0.2) is 0 Å². The molecule has 4 nitrogen and oxygen atoms in total. The van der Waals surface area contributed by atoms with Crippen LogP contribution >= 0.6 is 35.0 Å². The average molecular weight is 558 g/mol. The lowest BCUT2D eigenvalue weighted by atomic mass is 10.0. The Hall–Kier alpha value is -2.47. The van der Waals surface area contributed by atoms with E-state index in [0.717, 1.165) is 23.3 Å². The third-order valence-corrected chi connectivity index (χ3v) is 7.53. The highest BCUT2D eigenvalue weighted by molar-refractivity contribution is 7.99. The van der Waals surface area contributed by atoms with Crippen molar-refractivity contribution >= 4 is 46.8 Å². The first-order valence-electron chi connectivity index (χ1n) is 12.5. The van der Waals surface area contributed by atoms with Crippen molar-refractivity contribution in [1.29, 1.82) is 0 Å². The first-order valence-corrected chi connectivity index (χ1v) is 14.4. The van der Waals surface area contributed by atoms with Crippen LogP contribution in [0.5, 0.6) is 0 Å². The summed E-state index contributed by atoms with van der Waals surface area (Å²) in [5.41, 5.74) is 5.33. The molecule has 37 heavy (non-hydrogen) atoms. The van der Waals surface area contributed by atoms with E-state index in [9.17, 15) is 9.59 Å². The highest BCUT2D eigenvalue weighted by atomic mass is 35.5. The highest BCUT2D eigenvalue weighted by Crippen LogP contribution is 2.25. The van der Waals surface area contributed by atoms with Crippen LogP contribution in [-0.2, 0) is 28.3 Å². The Morgan fingerprint density at radius 3 is 2.30 bits per heavy atom. The number of hydrogen-bond donors (Lipinski definition) is 1. The van der Waals surface area contributed by atoms with E-state index in [0.29, 0.717) is 23.0 Å². The van der Waals surface area contributed by atoms with Gasteiger partial charge >= 0.3 is 0 Å². The zero-order valence-corrected chi connectivity index (χ0v) is 23.9. The summed E-state index contributed by atoms with van der Waals surface area (Å²) in [4.78, 5) is 28.8. The molecule has 0 bridgehead atoms. The molecule has 2 amide bonds. The fourth-order valence-electron chi connectivity index (χ4n) is 4.24. The molecular formula is C30H34Cl2N2O2S. The summed E-state index contributed by atoms with van der Waals surface area (Å²) >= 11 is 14.2. The number of amides is 2. The van der Waals surface area contributed by atoms with E-state index >= 15 is 0 Å². The second kappa shape index (κ2) is 14.5. The molecule has 1 unspecified atom stereocenters. The molecule has 0 aliphatic carbocycles. The fourth-order valence-corrected chi connectivity index (χ4v) is 5.56. The van der Waals surface area contributed by atoms with Gasteiger partial charge in [-0.05, 0) is 49.1 Å². The zero-order valence-electron chi connectivity index (χ0n) is 21.6. The molecule has 1 atom stereocenters. The van der Waals surface area contributed by atoms with Crippen molar-refractivity contribution in [3.8, 4) is 0 Å². The Kier molecular flexibility index (Phi) is 11.4. The molecule has 196 valence electrons. The summed E-state index contributed by atoms with van der Waals surface area (Å²) in [6, 6.07) is 20.8. The maximum atomic E-state index is 13.7. The van der Waals surface area contributed by atoms with Crippen LogP contribution in [0, 0.1) is 13.8 Å². The average Bonchev–Trinajstić information content (AvgIpc) is 2.85. The summed E-state index contributed by atoms with van der Waals surface area (Å²) in [6.45, 7) is 6.93. The topological polar surface area (TPSA) is 49.4 Å². The summed E-state index contributed by atoms with van der Waals surface area (Å²) in [6.07, 6.45) is 1.22. The van der Waals surface area contributed by atoms with Gasteiger partial charge < -0.3 is 10.2 Å². The lowest BCUT2D eigenvalue weighted by Gasteiger charge is -2.32. The van der Waals surface area contributed by atoms with Gasteiger partial charge in [0, 0.05) is 35.3 Å². The molecule has 0 saturated heterocycles. The molecule has 0 saturated carbocycles. The Morgan fingerprint density at radius 1 is 0.946 bits per heavy atom. The van der Waals surface area contributed by atoms with E-state index in [1.54, 1.807) is 28.8 Å². The first-order chi connectivity index (χ1) is 17.8. The van der Waals surface area contributed by atoms with Gasteiger partial charge in [-0.15, -0.1) is 11.8 Å². The third kappa shape index (κ3) is 9.10. The molecule has 3 rings (SSSR count). The SMILES string of the molecule is CCCNC(=O)C(Cc1ccccc1)N(Cc1ccc(Cl)cc1Cl)C(=O)CSCc1cc(C)cc(C)c1. The highest BCUT2D eigenvalue weighted by Gasteiger charge is 2.30. The van der Waals surface area contributed by atoms with Gasteiger partial charge in [0.15, 0.2) is 0 Å². The zero-order chi connectivity index (χ0) is 26.8. The molecule has 0 aliphatic rings. The van der Waals surface area contributed by atoms with Gasteiger partial charge in [0.25, 0.3) is 0 Å². The number of aryl methyl sites for hydroxylation is 2. The minimum absolute atomic E-state index is 0.104. The van der Waals surface area contributed by atoms with Crippen molar-refractivity contribution in [2.24, 2.45) is 0 Å². The Morgan fingerprint density at radius 2 is 1.65 bits per heavy atom. The Balaban J connectivity index is 1.87. The molecule has 0 fully saturated rings. The maximum absolute atomic E-state index is 13.7. The Labute approximate surface area is 234 Å². The second-order valence-corrected chi connectivity index (χ2v) is 11.1. The molecule has 0 aliphatic heterocycles. The molecule has 1 N–H and O–H groups in total. The molecule has 7 heteroatoms. The van der Waals surface area contributed by atoms with Crippen LogP contribution in [0.25, 0.3) is 0 Å². The number of hydrogen-bond acceptors (Lipinski definition) is 3. The lowest BCUT2D eigenvalue weighted by Crippen LogP contribution is -2.51. The van der Waals surface area contributed by atoms with Crippen LogP contribution in [-0.4, -0.2) is 35.1 Å². The van der Waals surface area contributed by atoms with E-state index in [-0.39, 0.29) is 24.1 Å². The predicted molar refractivity (Wildman–Crippen MR) is 156 cm³/mol. The quantitative estimate of drug-likeness (QED) is 0.261. The number of benzene rings is 3. The summed E-state index contributed by atoms with van der Waals surface area (Å²) < 4.78 is 0. The molecule has 3 aromatic carbocycles. The Bertz CT molecular complexity index is 1180. The van der Waals surface area contributed by atoms with Crippen molar-refractivity contribution < 1.29 is 9.59 Å². The number of halogens is 2. The van der Waals surface area contributed by atoms with Crippen LogP contribution in [0.2, 0.25) is 10.0 Å². The number of carbonyl (C=O) groups excluding carboxylic acids is 2. The van der Waals surface area contributed by atoms with Crippen LogP contribution in [0.1, 0.15) is 41.2 Å². The molecule has 0 heterocycles. The van der Waals surface area contributed by atoms with Gasteiger partial charge in [0.2, 0.25) is 11.8 Å². The molecular weight excluding hydrogens is 523 g/mol. The normalized spacial score (nSPS) is 11.7. The monoisotopic (exact) mass is 556 g/mol. The first kappa shape index (κ1) is 29.1. The van der Waals surface area contributed by atoms with Gasteiger partial charge in [-0.1, -0.05) is 95.8 Å². The van der Waals surface area contributed by atoms with Crippen molar-refractivity contribution in [1.82, 2.24) is 10.2 Å². The third-order valence-electron chi connectivity index (χ3n) is 5.95. The van der Waals surface area contributed by atoms with Crippen molar-refractivity contribution in [2.75, 3.05) is 12.3 Å². The van der Waals surface area contributed by atoms with Gasteiger partial charge in [0.1, 0.15) is 6.04 Å². The lowest BCUT2D eigenvalue weighted by molar-refractivity contribution is -0.139. The van der Waals surface area contributed by atoms with E-state index in [2.05, 4.69) is 37.4 Å². The number of thioether (sulfide) groups is 1. The molecule has 0 radical (unpaired) electrons. The van der Waals surface area contributed by atoms with Gasteiger partial charge in [-0.3, -0.25) is 9.59 Å².